The second-order valence-electron chi connectivity index (χ2n) is 7.24. The molecule has 0 radical (unpaired) electrons. The van der Waals surface area contributed by atoms with E-state index >= 15 is 0 Å². The maximum absolute atomic E-state index is 13.1. The van der Waals surface area contributed by atoms with E-state index in [2.05, 4.69) is 15.7 Å². The predicted octanol–water partition coefficient (Wildman–Crippen LogP) is 3.36. The molecule has 0 saturated carbocycles. The Kier molecular flexibility index (Phi) is 5.67. The third-order valence-electron chi connectivity index (χ3n) is 5.34. The number of hydrogen-bond donors (Lipinski definition) is 2. The van der Waals surface area contributed by atoms with Crippen LogP contribution in [-0.2, 0) is 19.4 Å². The van der Waals surface area contributed by atoms with E-state index in [0.29, 0.717) is 34.6 Å². The molecule has 0 saturated heterocycles. The summed E-state index contributed by atoms with van der Waals surface area (Å²) in [6.07, 6.45) is 3.82. The van der Waals surface area contributed by atoms with Gasteiger partial charge in [0.25, 0.3) is 11.8 Å². The zero-order valence-corrected chi connectivity index (χ0v) is 17.9. The van der Waals surface area contributed by atoms with Crippen LogP contribution >= 0.6 is 11.3 Å². The van der Waals surface area contributed by atoms with E-state index in [1.54, 1.807) is 16.8 Å². The minimum Gasteiger partial charge on any atom is -0.352 e. The Bertz CT molecular complexity index is 1200. The van der Waals surface area contributed by atoms with Gasteiger partial charge in [-0.2, -0.15) is 5.10 Å². The highest BCUT2D eigenvalue weighted by atomic mass is 32.1. The van der Waals surface area contributed by atoms with Gasteiger partial charge in [-0.05, 0) is 57.2 Å². The number of carbonyl (C=O) groups excluding carboxylic acids is 2. The van der Waals surface area contributed by atoms with Gasteiger partial charge in [0, 0.05) is 23.4 Å². The number of para-hydroxylation sites is 1. The van der Waals surface area contributed by atoms with Crippen LogP contribution in [0.15, 0.2) is 29.1 Å². The molecule has 2 heterocycles. The Morgan fingerprint density at radius 2 is 1.90 bits per heavy atom. The van der Waals surface area contributed by atoms with E-state index in [1.807, 2.05) is 26.0 Å². The minimum atomic E-state index is -0.586. The first kappa shape index (κ1) is 20.3. The van der Waals surface area contributed by atoms with Crippen LogP contribution in [0.5, 0.6) is 0 Å². The van der Waals surface area contributed by atoms with Crippen molar-refractivity contribution >= 4 is 39.1 Å². The highest BCUT2D eigenvalue weighted by Gasteiger charge is 2.27. The summed E-state index contributed by atoms with van der Waals surface area (Å²) < 4.78 is 1.65. The van der Waals surface area contributed by atoms with Crippen molar-refractivity contribution in [1.82, 2.24) is 15.1 Å². The lowest BCUT2D eigenvalue weighted by Gasteiger charge is -2.13. The predicted molar refractivity (Wildman–Crippen MR) is 119 cm³/mol. The molecular formula is C22H24N4O3S. The zero-order valence-electron chi connectivity index (χ0n) is 17.1. The summed E-state index contributed by atoms with van der Waals surface area (Å²) in [5, 5.41) is 10.9. The topological polar surface area (TPSA) is 93.1 Å². The van der Waals surface area contributed by atoms with Crippen molar-refractivity contribution < 1.29 is 9.59 Å². The van der Waals surface area contributed by atoms with Crippen molar-refractivity contribution in [3.63, 3.8) is 0 Å². The minimum absolute atomic E-state index is 0.163. The van der Waals surface area contributed by atoms with Crippen LogP contribution in [0, 0.1) is 0 Å². The number of nitrogens with one attached hydrogen (secondary N) is 2. The summed E-state index contributed by atoms with van der Waals surface area (Å²) in [4.78, 5) is 39.9. The Balaban J connectivity index is 1.76. The SMILES string of the molecule is CCNC(=O)c1c(NC(=O)c2nn(CC)c3ccccc3c2=O)sc2c1CCCC2. The number of nitrogens with zero attached hydrogens (tertiary/aromatic N) is 2. The van der Waals surface area contributed by atoms with Gasteiger partial charge >= 0.3 is 0 Å². The molecule has 1 aliphatic rings. The van der Waals surface area contributed by atoms with Crippen molar-refractivity contribution in [1.29, 1.82) is 0 Å². The largest absolute Gasteiger partial charge is 0.352 e. The van der Waals surface area contributed by atoms with Gasteiger partial charge in [0.05, 0.1) is 11.1 Å². The zero-order chi connectivity index (χ0) is 21.3. The second kappa shape index (κ2) is 8.39. The summed E-state index contributed by atoms with van der Waals surface area (Å²) in [6.45, 7) is 4.80. The smallest absolute Gasteiger partial charge is 0.280 e. The fraction of sp³-hybridized carbons (Fsp3) is 0.364. The molecule has 156 valence electrons. The molecule has 1 aromatic carbocycles. The Labute approximate surface area is 178 Å². The van der Waals surface area contributed by atoms with Crippen LogP contribution in [-0.4, -0.2) is 28.1 Å². The number of rotatable bonds is 5. The molecule has 0 fully saturated rings. The molecule has 7 nitrogen and oxygen atoms in total. The van der Waals surface area contributed by atoms with Gasteiger partial charge in [0.15, 0.2) is 5.69 Å². The van der Waals surface area contributed by atoms with Crippen molar-refractivity contribution in [2.75, 3.05) is 11.9 Å². The first-order chi connectivity index (χ1) is 14.5. The summed E-state index contributed by atoms with van der Waals surface area (Å²) >= 11 is 1.43. The first-order valence-electron chi connectivity index (χ1n) is 10.3. The van der Waals surface area contributed by atoms with E-state index in [0.717, 1.165) is 36.1 Å². The molecule has 8 heteroatoms. The molecule has 0 aliphatic heterocycles. The summed E-state index contributed by atoms with van der Waals surface area (Å²) in [7, 11) is 0. The van der Waals surface area contributed by atoms with E-state index in [1.165, 1.54) is 11.3 Å². The normalized spacial score (nSPS) is 13.1. The molecule has 4 rings (SSSR count). The molecule has 2 amide bonds. The molecule has 1 aliphatic carbocycles. The van der Waals surface area contributed by atoms with Gasteiger partial charge < -0.3 is 10.6 Å². The monoisotopic (exact) mass is 424 g/mol. The number of hydrogen-bond acceptors (Lipinski definition) is 5. The number of fused-ring (bicyclic) bond motifs is 2. The van der Waals surface area contributed by atoms with Crippen LogP contribution in [0.4, 0.5) is 5.00 Å². The quantitative estimate of drug-likeness (QED) is 0.657. The molecule has 0 bridgehead atoms. The number of amides is 2. The summed E-state index contributed by atoms with van der Waals surface area (Å²) in [5.41, 5.74) is 1.67. The molecular weight excluding hydrogens is 400 g/mol. The molecule has 2 N–H and O–H groups in total. The van der Waals surface area contributed by atoms with Crippen molar-refractivity contribution in [3.8, 4) is 0 Å². The molecule has 30 heavy (non-hydrogen) atoms. The fourth-order valence-electron chi connectivity index (χ4n) is 3.93. The molecule has 2 aromatic heterocycles. The van der Waals surface area contributed by atoms with Gasteiger partial charge in [-0.15, -0.1) is 11.3 Å². The van der Waals surface area contributed by atoms with Gasteiger partial charge in [-0.1, -0.05) is 12.1 Å². The second-order valence-corrected chi connectivity index (χ2v) is 8.34. The van der Waals surface area contributed by atoms with Crippen molar-refractivity contribution in [3.05, 3.63) is 56.2 Å². The maximum atomic E-state index is 13.1. The summed E-state index contributed by atoms with van der Waals surface area (Å²) in [5.74, 6) is -0.776. The number of thiophene rings is 1. The van der Waals surface area contributed by atoms with Crippen LogP contribution in [0.3, 0.4) is 0 Å². The number of aromatic nitrogens is 2. The molecule has 3 aromatic rings. The fourth-order valence-corrected chi connectivity index (χ4v) is 5.22. The number of benzene rings is 1. The van der Waals surface area contributed by atoms with E-state index in [9.17, 15) is 14.4 Å². The maximum Gasteiger partial charge on any atom is 0.280 e. The molecule has 0 spiro atoms. The average molecular weight is 425 g/mol. The standard InChI is InChI=1S/C22H24N4O3S/c1-3-23-20(28)17-14-10-6-8-12-16(14)30-22(17)24-21(29)18-19(27)13-9-5-7-11-15(13)26(4-2)25-18/h5,7,9,11H,3-4,6,8,10,12H2,1-2H3,(H,23,28)(H,24,29). The van der Waals surface area contributed by atoms with Gasteiger partial charge in [0.1, 0.15) is 5.00 Å². The van der Waals surface area contributed by atoms with Crippen LogP contribution in [0.1, 0.15) is 58.0 Å². The number of anilines is 1. The lowest BCUT2D eigenvalue weighted by atomic mass is 9.95. The third-order valence-corrected chi connectivity index (χ3v) is 6.55. The van der Waals surface area contributed by atoms with Crippen LogP contribution < -0.4 is 16.1 Å². The first-order valence-corrected chi connectivity index (χ1v) is 11.1. The Morgan fingerprint density at radius 1 is 1.13 bits per heavy atom. The average Bonchev–Trinajstić information content (AvgIpc) is 3.12. The van der Waals surface area contributed by atoms with E-state index in [-0.39, 0.29) is 11.6 Å². The van der Waals surface area contributed by atoms with Crippen LogP contribution in [0.2, 0.25) is 0 Å². The lowest BCUT2D eigenvalue weighted by molar-refractivity contribution is 0.0956. The van der Waals surface area contributed by atoms with Crippen LogP contribution in [0.25, 0.3) is 10.9 Å². The van der Waals surface area contributed by atoms with Gasteiger partial charge in [0.2, 0.25) is 5.43 Å². The Hall–Kier alpha value is -3.00. The lowest BCUT2D eigenvalue weighted by Crippen LogP contribution is -2.28. The van der Waals surface area contributed by atoms with E-state index in [4.69, 9.17) is 0 Å². The van der Waals surface area contributed by atoms with Gasteiger partial charge in [-0.25, -0.2) is 0 Å². The molecule has 0 atom stereocenters. The van der Waals surface area contributed by atoms with Crippen molar-refractivity contribution in [2.24, 2.45) is 0 Å². The highest BCUT2D eigenvalue weighted by molar-refractivity contribution is 7.17. The third kappa shape index (κ3) is 3.52. The highest BCUT2D eigenvalue weighted by Crippen LogP contribution is 2.38. The number of aryl methyl sites for hydroxylation is 2. The molecule has 0 unspecified atom stereocenters. The van der Waals surface area contributed by atoms with E-state index < -0.39 is 11.3 Å². The van der Waals surface area contributed by atoms with Crippen molar-refractivity contribution in [2.45, 2.75) is 46.1 Å². The van der Waals surface area contributed by atoms with Gasteiger partial charge in [-0.3, -0.25) is 19.1 Å². The summed E-state index contributed by atoms with van der Waals surface area (Å²) in [6, 6.07) is 7.12. The number of carbonyl (C=O) groups is 2. The Morgan fingerprint density at radius 3 is 2.67 bits per heavy atom.